The average Bonchev–Trinajstić information content (AvgIpc) is 2.76. The van der Waals surface area contributed by atoms with E-state index < -0.39 is 17.6 Å². The molecule has 0 spiro atoms. The van der Waals surface area contributed by atoms with Crippen molar-refractivity contribution in [3.8, 4) is 5.69 Å². The number of hydrogen-bond acceptors (Lipinski definition) is 4. The Morgan fingerprint density at radius 3 is 2.75 bits per heavy atom. The van der Waals surface area contributed by atoms with Gasteiger partial charge in [-0.1, -0.05) is 5.21 Å². The van der Waals surface area contributed by atoms with E-state index in [9.17, 15) is 13.6 Å². The maximum atomic E-state index is 13.9. The second kappa shape index (κ2) is 5.66. The summed E-state index contributed by atoms with van der Waals surface area (Å²) in [7, 11) is 0. The van der Waals surface area contributed by atoms with Crippen LogP contribution in [0.2, 0.25) is 0 Å². The summed E-state index contributed by atoms with van der Waals surface area (Å²) in [6.45, 7) is 3.32. The monoisotopic (exact) mass is 345 g/mol. The molecular weight excluding hydrogens is 336 g/mol. The van der Waals surface area contributed by atoms with Gasteiger partial charge in [0, 0.05) is 6.07 Å². The Morgan fingerprint density at radius 2 is 2.10 bits per heavy atom. The smallest absolute Gasteiger partial charge is 0.359 e. The number of aryl methyl sites for hydroxylation is 1. The van der Waals surface area contributed by atoms with E-state index in [4.69, 9.17) is 4.74 Å². The first-order valence-corrected chi connectivity index (χ1v) is 6.49. The Labute approximate surface area is 121 Å². The number of aromatic nitrogens is 3. The molecule has 2 rings (SSSR count). The Kier molecular flexibility index (Phi) is 4.12. The minimum absolute atomic E-state index is 0.0201. The third kappa shape index (κ3) is 2.55. The zero-order valence-electron chi connectivity index (χ0n) is 10.7. The van der Waals surface area contributed by atoms with Gasteiger partial charge in [0.25, 0.3) is 0 Å². The molecule has 0 atom stereocenters. The summed E-state index contributed by atoms with van der Waals surface area (Å²) >= 11 is 2.88. The molecular formula is C12H10BrF2N3O2. The molecule has 1 heterocycles. The van der Waals surface area contributed by atoms with Crippen molar-refractivity contribution < 1.29 is 18.3 Å². The van der Waals surface area contributed by atoms with Crippen molar-refractivity contribution in [2.45, 2.75) is 13.8 Å². The first kappa shape index (κ1) is 14.6. The molecule has 2 aromatic rings. The molecule has 1 aromatic heterocycles. The van der Waals surface area contributed by atoms with Gasteiger partial charge in [-0.15, -0.1) is 5.10 Å². The predicted octanol–water partition coefficient (Wildman–Crippen LogP) is 2.79. The van der Waals surface area contributed by atoms with Crippen LogP contribution < -0.4 is 0 Å². The Bertz CT molecular complexity index is 673. The van der Waals surface area contributed by atoms with E-state index in [1.54, 1.807) is 6.92 Å². The molecule has 5 nitrogen and oxygen atoms in total. The van der Waals surface area contributed by atoms with E-state index in [-0.39, 0.29) is 28.2 Å². The summed E-state index contributed by atoms with van der Waals surface area (Å²) in [5, 5.41) is 7.37. The van der Waals surface area contributed by atoms with Crippen molar-refractivity contribution in [2.24, 2.45) is 0 Å². The summed E-state index contributed by atoms with van der Waals surface area (Å²) in [4.78, 5) is 11.8. The van der Waals surface area contributed by atoms with Crippen LogP contribution in [0.3, 0.4) is 0 Å². The first-order valence-electron chi connectivity index (χ1n) is 5.70. The minimum atomic E-state index is -0.742. The third-order valence-electron chi connectivity index (χ3n) is 2.53. The SMILES string of the molecule is CCOC(=O)c1c(C)nnn1-c1cc(F)c(Br)cc1F. The lowest BCUT2D eigenvalue weighted by molar-refractivity contribution is 0.0514. The van der Waals surface area contributed by atoms with Crippen molar-refractivity contribution in [1.29, 1.82) is 0 Å². The lowest BCUT2D eigenvalue weighted by Crippen LogP contribution is -2.14. The Balaban J connectivity index is 2.59. The normalized spacial score (nSPS) is 10.7. The standard InChI is InChI=1S/C12H10BrF2N3O2/c1-3-20-12(19)11-6(2)16-17-18(11)10-5-8(14)7(13)4-9(10)15/h4-5H,3H2,1-2H3. The second-order valence-electron chi connectivity index (χ2n) is 3.87. The fourth-order valence-electron chi connectivity index (χ4n) is 1.63. The summed E-state index contributed by atoms with van der Waals surface area (Å²) in [5.74, 6) is -2.11. The quantitative estimate of drug-likeness (QED) is 0.634. The van der Waals surface area contributed by atoms with Gasteiger partial charge in [-0.2, -0.15) is 0 Å². The molecule has 20 heavy (non-hydrogen) atoms. The fraction of sp³-hybridized carbons (Fsp3) is 0.250. The van der Waals surface area contributed by atoms with E-state index in [2.05, 4.69) is 26.2 Å². The average molecular weight is 346 g/mol. The summed E-state index contributed by atoms with van der Waals surface area (Å²) in [6.07, 6.45) is 0. The van der Waals surface area contributed by atoms with E-state index in [0.717, 1.165) is 16.8 Å². The van der Waals surface area contributed by atoms with Crippen LogP contribution >= 0.6 is 15.9 Å². The van der Waals surface area contributed by atoms with Crippen LogP contribution in [0, 0.1) is 18.6 Å². The van der Waals surface area contributed by atoms with Gasteiger partial charge in [-0.3, -0.25) is 0 Å². The molecule has 0 N–H and O–H groups in total. The lowest BCUT2D eigenvalue weighted by atomic mass is 10.2. The van der Waals surface area contributed by atoms with Crippen LogP contribution in [0.25, 0.3) is 5.69 Å². The third-order valence-corrected chi connectivity index (χ3v) is 3.13. The number of rotatable bonds is 3. The lowest BCUT2D eigenvalue weighted by Gasteiger charge is -2.08. The van der Waals surface area contributed by atoms with Gasteiger partial charge in [0.2, 0.25) is 0 Å². The molecule has 0 amide bonds. The topological polar surface area (TPSA) is 57.0 Å². The van der Waals surface area contributed by atoms with E-state index in [1.807, 2.05) is 0 Å². The Hall–Kier alpha value is -1.83. The van der Waals surface area contributed by atoms with Gasteiger partial charge in [0.15, 0.2) is 5.69 Å². The highest BCUT2D eigenvalue weighted by Crippen LogP contribution is 2.23. The van der Waals surface area contributed by atoms with Crippen LogP contribution in [0.5, 0.6) is 0 Å². The van der Waals surface area contributed by atoms with Gasteiger partial charge < -0.3 is 4.74 Å². The number of hydrogen-bond donors (Lipinski definition) is 0. The second-order valence-corrected chi connectivity index (χ2v) is 4.73. The van der Waals surface area contributed by atoms with Gasteiger partial charge in [-0.05, 0) is 35.8 Å². The van der Waals surface area contributed by atoms with Gasteiger partial charge >= 0.3 is 5.97 Å². The van der Waals surface area contributed by atoms with Gasteiger partial charge in [-0.25, -0.2) is 18.3 Å². The number of esters is 1. The van der Waals surface area contributed by atoms with Crippen LogP contribution in [0.15, 0.2) is 16.6 Å². The summed E-state index contributed by atoms with van der Waals surface area (Å²) < 4.78 is 33.2. The first-order chi connectivity index (χ1) is 9.45. The molecule has 0 fully saturated rings. The van der Waals surface area contributed by atoms with Crippen molar-refractivity contribution in [2.75, 3.05) is 6.61 Å². The van der Waals surface area contributed by atoms with Crippen molar-refractivity contribution in [1.82, 2.24) is 15.0 Å². The van der Waals surface area contributed by atoms with Gasteiger partial charge in [0.1, 0.15) is 17.3 Å². The van der Waals surface area contributed by atoms with Crippen LogP contribution in [-0.2, 0) is 4.74 Å². The molecule has 0 saturated heterocycles. The molecule has 0 saturated carbocycles. The number of ether oxygens (including phenoxy) is 1. The number of nitrogens with zero attached hydrogens (tertiary/aromatic N) is 3. The largest absolute Gasteiger partial charge is 0.461 e. The maximum Gasteiger partial charge on any atom is 0.359 e. The number of carbonyl (C=O) groups is 1. The maximum absolute atomic E-state index is 13.9. The molecule has 1 aromatic carbocycles. The minimum Gasteiger partial charge on any atom is -0.461 e. The highest BCUT2D eigenvalue weighted by Gasteiger charge is 2.22. The molecule has 8 heteroatoms. The van der Waals surface area contributed by atoms with Crippen molar-refractivity contribution in [3.63, 3.8) is 0 Å². The molecule has 0 radical (unpaired) electrons. The molecule has 106 valence electrons. The summed E-state index contributed by atoms with van der Waals surface area (Å²) in [5.41, 5.74) is 0.0213. The fourth-order valence-corrected chi connectivity index (χ4v) is 1.95. The number of benzene rings is 1. The molecule has 0 aliphatic carbocycles. The van der Waals surface area contributed by atoms with Crippen LogP contribution in [-0.4, -0.2) is 27.6 Å². The van der Waals surface area contributed by atoms with E-state index in [1.165, 1.54) is 6.92 Å². The van der Waals surface area contributed by atoms with Gasteiger partial charge in [0.05, 0.1) is 16.8 Å². The molecule has 0 bridgehead atoms. The summed E-state index contributed by atoms with van der Waals surface area (Å²) in [6, 6.07) is 1.88. The highest BCUT2D eigenvalue weighted by atomic mass is 79.9. The zero-order chi connectivity index (χ0) is 14.9. The van der Waals surface area contributed by atoms with E-state index >= 15 is 0 Å². The Morgan fingerprint density at radius 1 is 1.40 bits per heavy atom. The molecule has 0 aliphatic heterocycles. The van der Waals surface area contributed by atoms with Crippen LogP contribution in [0.4, 0.5) is 8.78 Å². The molecule has 0 unspecified atom stereocenters. The highest BCUT2D eigenvalue weighted by molar-refractivity contribution is 9.10. The predicted molar refractivity (Wildman–Crippen MR) is 69.7 cm³/mol. The van der Waals surface area contributed by atoms with Crippen molar-refractivity contribution in [3.05, 3.63) is 39.6 Å². The van der Waals surface area contributed by atoms with E-state index in [0.29, 0.717) is 0 Å². The molecule has 0 aliphatic rings. The van der Waals surface area contributed by atoms with Crippen molar-refractivity contribution >= 4 is 21.9 Å². The van der Waals surface area contributed by atoms with Crippen LogP contribution in [0.1, 0.15) is 23.1 Å². The zero-order valence-corrected chi connectivity index (χ0v) is 12.2. The number of carbonyl (C=O) groups excluding carboxylic acids is 1. The number of halogens is 3.